The van der Waals surface area contributed by atoms with Gasteiger partial charge in [-0.1, -0.05) is 45.1 Å². The van der Waals surface area contributed by atoms with E-state index >= 15 is 0 Å². The molecular weight excluding hydrogens is 259 g/mol. The summed E-state index contributed by atoms with van der Waals surface area (Å²) < 4.78 is 18.3. The largest absolute Gasteiger partial charge is 0.462 e. The molecule has 0 atom stereocenters. The van der Waals surface area contributed by atoms with Crippen LogP contribution in [0.3, 0.4) is 0 Å². The number of rotatable bonds is 11. The number of hydrogen-bond donors (Lipinski definition) is 0. The molecule has 0 amide bonds. The van der Waals surface area contributed by atoms with Crippen molar-refractivity contribution in [2.45, 2.75) is 71.0 Å². The quantitative estimate of drug-likeness (QED) is 0.176. The van der Waals surface area contributed by atoms with Crippen LogP contribution in [0.5, 0.6) is 0 Å². The lowest BCUT2D eigenvalue weighted by molar-refractivity contribution is -0.139. The molecule has 0 aliphatic rings. The first-order valence-corrected chi connectivity index (χ1v) is 10.4. The molecule has 19 heavy (non-hydrogen) atoms. The minimum absolute atomic E-state index is 0.294. The van der Waals surface area contributed by atoms with Crippen molar-refractivity contribution in [1.29, 1.82) is 0 Å². The highest BCUT2D eigenvalue weighted by molar-refractivity contribution is 6.70. The Kier molecular flexibility index (Phi) is 9.84. The van der Waals surface area contributed by atoms with Crippen LogP contribution >= 0.6 is 0 Å². The van der Waals surface area contributed by atoms with E-state index in [1.54, 1.807) is 20.0 Å². The fourth-order valence-electron chi connectivity index (χ4n) is 1.82. The predicted octanol–water partition coefficient (Wildman–Crippen LogP) is 5.01. The lowest BCUT2D eigenvalue weighted by Crippen LogP contribution is -2.16. The minimum Gasteiger partial charge on any atom is -0.462 e. The molecule has 0 aromatic heterocycles. The third-order valence-electron chi connectivity index (χ3n) is 3.00. The Morgan fingerprint density at radius 2 is 1.53 bits per heavy atom. The molecule has 112 valence electrons. The molecule has 0 saturated carbocycles. The maximum absolute atomic E-state index is 13.3. The Morgan fingerprint density at radius 1 is 1.05 bits per heavy atom. The van der Waals surface area contributed by atoms with E-state index in [1.807, 2.05) is 0 Å². The summed E-state index contributed by atoms with van der Waals surface area (Å²) in [6, 6.07) is 0.795. The van der Waals surface area contributed by atoms with Crippen LogP contribution in [0.25, 0.3) is 0 Å². The molecule has 4 heteroatoms. The van der Waals surface area contributed by atoms with E-state index in [9.17, 15) is 8.90 Å². The Labute approximate surface area is 118 Å². The fraction of sp³-hybridized carbons (Fsp3) is 0.800. The number of halogens is 1. The average molecular weight is 288 g/mol. The second-order valence-corrected chi connectivity index (χ2v) is 9.80. The van der Waals surface area contributed by atoms with E-state index in [0.717, 1.165) is 31.7 Å². The molecule has 0 unspecified atom stereocenters. The molecular formula is C15H29FO2Si. The van der Waals surface area contributed by atoms with E-state index in [-0.39, 0.29) is 5.97 Å². The van der Waals surface area contributed by atoms with Crippen molar-refractivity contribution in [3.63, 3.8) is 0 Å². The van der Waals surface area contributed by atoms with Crippen LogP contribution in [0.15, 0.2) is 12.2 Å². The first-order chi connectivity index (χ1) is 8.83. The van der Waals surface area contributed by atoms with Crippen LogP contribution in [0.4, 0.5) is 4.11 Å². The van der Waals surface area contributed by atoms with Gasteiger partial charge in [-0.05, 0) is 32.5 Å². The molecule has 0 spiro atoms. The lowest BCUT2D eigenvalue weighted by atomic mass is 10.1. The van der Waals surface area contributed by atoms with Gasteiger partial charge in [0, 0.05) is 5.57 Å². The molecule has 0 bridgehead atoms. The van der Waals surface area contributed by atoms with E-state index in [0.29, 0.717) is 12.2 Å². The molecule has 0 heterocycles. The molecule has 0 fully saturated rings. The third-order valence-corrected chi connectivity index (χ3v) is 4.54. The van der Waals surface area contributed by atoms with Crippen LogP contribution in [0.2, 0.25) is 19.1 Å². The molecule has 0 aromatic carbocycles. The van der Waals surface area contributed by atoms with E-state index < -0.39 is 8.41 Å². The van der Waals surface area contributed by atoms with Gasteiger partial charge in [0.2, 0.25) is 8.41 Å². The minimum atomic E-state index is -2.32. The van der Waals surface area contributed by atoms with Gasteiger partial charge in [0.25, 0.3) is 0 Å². The second-order valence-electron chi connectivity index (χ2n) is 5.86. The smallest absolute Gasteiger partial charge is 0.333 e. The number of carbonyl (C=O) groups excluding carboxylic acids is 1. The highest BCUT2D eigenvalue weighted by Gasteiger charge is 2.18. The zero-order valence-electron chi connectivity index (χ0n) is 12.8. The second kappa shape index (κ2) is 10.2. The maximum Gasteiger partial charge on any atom is 0.333 e. The van der Waals surface area contributed by atoms with Crippen molar-refractivity contribution < 1.29 is 13.6 Å². The van der Waals surface area contributed by atoms with Crippen molar-refractivity contribution >= 4 is 14.4 Å². The van der Waals surface area contributed by atoms with Gasteiger partial charge in [-0.3, -0.25) is 0 Å². The summed E-state index contributed by atoms with van der Waals surface area (Å²) in [4.78, 5) is 11.1. The highest BCUT2D eigenvalue weighted by atomic mass is 28.4. The SMILES string of the molecule is C=C(C)C(=O)OCCCCCCCCC[Si](C)(C)F. The summed E-state index contributed by atoms with van der Waals surface area (Å²) in [6.45, 7) is 9.23. The fourth-order valence-corrected chi connectivity index (χ4v) is 2.91. The summed E-state index contributed by atoms with van der Waals surface area (Å²) in [7, 11) is -2.32. The first-order valence-electron chi connectivity index (χ1n) is 7.34. The topological polar surface area (TPSA) is 26.3 Å². The van der Waals surface area contributed by atoms with E-state index in [2.05, 4.69) is 6.58 Å². The Morgan fingerprint density at radius 3 is 2.00 bits per heavy atom. The monoisotopic (exact) mass is 288 g/mol. The number of hydrogen-bond acceptors (Lipinski definition) is 2. The Bertz CT molecular complexity index is 272. The summed E-state index contributed by atoms with van der Waals surface area (Å²) in [5.41, 5.74) is 0.458. The first kappa shape index (κ1) is 18.4. The van der Waals surface area contributed by atoms with Crippen molar-refractivity contribution in [1.82, 2.24) is 0 Å². The molecule has 0 saturated heterocycles. The van der Waals surface area contributed by atoms with Crippen molar-refractivity contribution in [2.75, 3.05) is 6.61 Å². The van der Waals surface area contributed by atoms with Crippen LogP contribution in [-0.4, -0.2) is 21.0 Å². The summed E-state index contributed by atoms with van der Waals surface area (Å²) >= 11 is 0. The van der Waals surface area contributed by atoms with Crippen LogP contribution in [0.1, 0.15) is 51.9 Å². The van der Waals surface area contributed by atoms with Crippen molar-refractivity contribution in [3.05, 3.63) is 12.2 Å². The molecule has 0 aromatic rings. The van der Waals surface area contributed by atoms with Gasteiger partial charge in [-0.15, -0.1) is 0 Å². The van der Waals surface area contributed by atoms with Crippen molar-refractivity contribution in [2.24, 2.45) is 0 Å². The zero-order chi connectivity index (χ0) is 14.7. The van der Waals surface area contributed by atoms with Gasteiger partial charge in [-0.25, -0.2) is 4.79 Å². The Balaban J connectivity index is 3.20. The molecule has 0 rings (SSSR count). The maximum atomic E-state index is 13.3. The average Bonchev–Trinajstić information content (AvgIpc) is 2.29. The predicted molar refractivity (Wildman–Crippen MR) is 81.5 cm³/mol. The zero-order valence-corrected chi connectivity index (χ0v) is 13.8. The third kappa shape index (κ3) is 13.6. The Hall–Kier alpha value is -0.643. The molecule has 0 N–H and O–H groups in total. The van der Waals surface area contributed by atoms with Crippen LogP contribution in [0, 0.1) is 0 Å². The highest BCUT2D eigenvalue weighted by Crippen LogP contribution is 2.16. The van der Waals surface area contributed by atoms with Gasteiger partial charge < -0.3 is 8.84 Å². The van der Waals surface area contributed by atoms with Crippen LogP contribution < -0.4 is 0 Å². The number of esters is 1. The van der Waals surface area contributed by atoms with Gasteiger partial charge in [-0.2, -0.15) is 0 Å². The summed E-state index contributed by atoms with van der Waals surface area (Å²) in [5, 5.41) is 0. The molecule has 2 nitrogen and oxygen atoms in total. The molecule has 0 aliphatic heterocycles. The van der Waals surface area contributed by atoms with Gasteiger partial charge in [0.15, 0.2) is 0 Å². The van der Waals surface area contributed by atoms with E-state index in [4.69, 9.17) is 4.74 Å². The van der Waals surface area contributed by atoms with Crippen LogP contribution in [-0.2, 0) is 9.53 Å². The number of carbonyl (C=O) groups is 1. The number of unbranched alkanes of at least 4 members (excludes halogenated alkanes) is 6. The van der Waals surface area contributed by atoms with Gasteiger partial charge >= 0.3 is 5.97 Å². The molecule has 0 radical (unpaired) electrons. The summed E-state index contributed by atoms with van der Waals surface area (Å²) in [5.74, 6) is -0.294. The normalized spacial score (nSPS) is 11.4. The standard InChI is InChI=1S/C15H29FO2Si/c1-14(2)15(17)18-12-10-8-6-5-7-9-11-13-19(3,4)16/h1,5-13H2,2-4H3. The van der Waals surface area contributed by atoms with Crippen molar-refractivity contribution in [3.8, 4) is 0 Å². The lowest BCUT2D eigenvalue weighted by Gasteiger charge is -2.09. The van der Waals surface area contributed by atoms with Gasteiger partial charge in [0.1, 0.15) is 0 Å². The number of ether oxygens (including phenoxy) is 1. The van der Waals surface area contributed by atoms with E-state index in [1.165, 1.54) is 19.3 Å². The van der Waals surface area contributed by atoms with Gasteiger partial charge in [0.05, 0.1) is 6.61 Å². The summed E-state index contributed by atoms with van der Waals surface area (Å²) in [6.07, 6.45) is 7.74. The molecule has 0 aliphatic carbocycles.